The van der Waals surface area contributed by atoms with Crippen LogP contribution in [-0.2, 0) is 10.0 Å². The van der Waals surface area contributed by atoms with Crippen molar-refractivity contribution in [2.45, 2.75) is 45.1 Å². The molecule has 0 fully saturated rings. The fourth-order valence-electron chi connectivity index (χ4n) is 2.46. The summed E-state index contributed by atoms with van der Waals surface area (Å²) in [6.07, 6.45) is 0.587. The zero-order valence-corrected chi connectivity index (χ0v) is 14.1. The van der Waals surface area contributed by atoms with E-state index < -0.39 is 16.1 Å². The van der Waals surface area contributed by atoms with Crippen LogP contribution in [0.4, 0.5) is 0 Å². The SMILES string of the molecule is COc1cc(C)c(S(=O)(=O)NC(CO)CC(C)C)c(C)c1. The number of ether oxygens (including phenoxy) is 1. The molecule has 0 radical (unpaired) electrons. The van der Waals surface area contributed by atoms with Crippen LogP contribution in [0.1, 0.15) is 31.4 Å². The topological polar surface area (TPSA) is 75.6 Å². The second-order valence-electron chi connectivity index (χ2n) is 5.72. The van der Waals surface area contributed by atoms with Crippen LogP contribution < -0.4 is 9.46 Å². The first-order valence-corrected chi connectivity index (χ1v) is 8.48. The normalized spacial score (nSPS) is 13.5. The molecule has 1 rings (SSSR count). The molecule has 0 amide bonds. The van der Waals surface area contributed by atoms with Gasteiger partial charge in [-0.3, -0.25) is 0 Å². The average molecular weight is 315 g/mol. The zero-order chi connectivity index (χ0) is 16.2. The summed E-state index contributed by atoms with van der Waals surface area (Å²) in [7, 11) is -2.12. The number of aliphatic hydroxyl groups is 1. The Morgan fingerprint density at radius 1 is 1.24 bits per heavy atom. The van der Waals surface area contributed by atoms with Gasteiger partial charge in [0.25, 0.3) is 0 Å². The van der Waals surface area contributed by atoms with Gasteiger partial charge in [0.1, 0.15) is 5.75 Å². The third kappa shape index (κ3) is 4.69. The van der Waals surface area contributed by atoms with Crippen LogP contribution >= 0.6 is 0 Å². The fraction of sp³-hybridized carbons (Fsp3) is 0.600. The molecule has 1 aromatic carbocycles. The van der Waals surface area contributed by atoms with Crippen LogP contribution in [-0.4, -0.2) is 33.3 Å². The molecular weight excluding hydrogens is 290 g/mol. The number of nitrogens with one attached hydrogen (secondary N) is 1. The molecule has 21 heavy (non-hydrogen) atoms. The Balaban J connectivity index is 3.13. The highest BCUT2D eigenvalue weighted by molar-refractivity contribution is 7.89. The molecule has 0 saturated heterocycles. The minimum atomic E-state index is -3.67. The first-order chi connectivity index (χ1) is 9.71. The molecule has 2 N–H and O–H groups in total. The molecule has 6 heteroatoms. The number of benzene rings is 1. The Labute approximate surface area is 127 Å². The monoisotopic (exact) mass is 315 g/mol. The fourth-order valence-corrected chi connectivity index (χ4v) is 4.15. The quantitative estimate of drug-likeness (QED) is 0.807. The van der Waals surface area contributed by atoms with Gasteiger partial charge in [-0.2, -0.15) is 0 Å². The Bertz CT molecular complexity index is 558. The molecule has 1 aromatic rings. The molecule has 1 atom stereocenters. The molecule has 0 saturated carbocycles. The molecule has 0 aliphatic heterocycles. The lowest BCUT2D eigenvalue weighted by Gasteiger charge is -2.20. The molecule has 0 bridgehead atoms. The van der Waals surface area contributed by atoms with Gasteiger partial charge in [-0.25, -0.2) is 13.1 Å². The smallest absolute Gasteiger partial charge is 0.241 e. The third-order valence-corrected chi connectivity index (χ3v) is 5.06. The lowest BCUT2D eigenvalue weighted by atomic mass is 10.1. The second-order valence-corrected chi connectivity index (χ2v) is 7.37. The van der Waals surface area contributed by atoms with E-state index in [2.05, 4.69) is 4.72 Å². The van der Waals surface area contributed by atoms with Gasteiger partial charge >= 0.3 is 0 Å². The van der Waals surface area contributed by atoms with Gasteiger partial charge in [0.15, 0.2) is 0 Å². The lowest BCUT2D eigenvalue weighted by molar-refractivity contribution is 0.240. The lowest BCUT2D eigenvalue weighted by Crippen LogP contribution is -2.38. The van der Waals surface area contributed by atoms with Crippen molar-refractivity contribution in [3.8, 4) is 5.75 Å². The Morgan fingerprint density at radius 2 is 1.76 bits per heavy atom. The van der Waals surface area contributed by atoms with E-state index in [0.29, 0.717) is 29.2 Å². The van der Waals surface area contributed by atoms with Crippen molar-refractivity contribution in [2.75, 3.05) is 13.7 Å². The van der Waals surface area contributed by atoms with Gasteiger partial charge in [0, 0.05) is 6.04 Å². The number of hydrogen-bond acceptors (Lipinski definition) is 4. The van der Waals surface area contributed by atoms with Gasteiger partial charge < -0.3 is 9.84 Å². The van der Waals surface area contributed by atoms with Crippen molar-refractivity contribution in [3.05, 3.63) is 23.3 Å². The zero-order valence-electron chi connectivity index (χ0n) is 13.3. The molecule has 0 spiro atoms. The Morgan fingerprint density at radius 3 is 2.14 bits per heavy atom. The molecule has 0 heterocycles. The van der Waals surface area contributed by atoms with Crippen molar-refractivity contribution in [1.82, 2.24) is 4.72 Å². The molecule has 120 valence electrons. The minimum absolute atomic E-state index is 0.217. The van der Waals surface area contributed by atoms with Crippen LogP contribution in [0.5, 0.6) is 5.75 Å². The maximum absolute atomic E-state index is 12.6. The van der Waals surface area contributed by atoms with Gasteiger partial charge in [0.2, 0.25) is 10.0 Å². The maximum atomic E-state index is 12.6. The molecule has 5 nitrogen and oxygen atoms in total. The van der Waals surface area contributed by atoms with E-state index in [0.717, 1.165) is 0 Å². The highest BCUT2D eigenvalue weighted by atomic mass is 32.2. The number of methoxy groups -OCH3 is 1. The average Bonchev–Trinajstić information content (AvgIpc) is 2.35. The summed E-state index contributed by atoms with van der Waals surface area (Å²) in [6.45, 7) is 7.23. The van der Waals surface area contributed by atoms with E-state index in [4.69, 9.17) is 4.74 Å². The van der Waals surface area contributed by atoms with E-state index in [1.165, 1.54) is 0 Å². The van der Waals surface area contributed by atoms with Crippen LogP contribution in [0.2, 0.25) is 0 Å². The van der Waals surface area contributed by atoms with Crippen LogP contribution in [0, 0.1) is 19.8 Å². The van der Waals surface area contributed by atoms with Crippen molar-refractivity contribution >= 4 is 10.0 Å². The molecule has 0 aliphatic carbocycles. The molecule has 1 unspecified atom stereocenters. The molecular formula is C15H25NO4S. The van der Waals surface area contributed by atoms with E-state index in [9.17, 15) is 13.5 Å². The molecule has 0 aliphatic rings. The number of hydrogen-bond donors (Lipinski definition) is 2. The Hall–Kier alpha value is -1.11. The number of rotatable bonds is 7. The summed E-state index contributed by atoms with van der Waals surface area (Å²) in [5, 5.41) is 9.36. The summed E-state index contributed by atoms with van der Waals surface area (Å²) in [5.74, 6) is 0.924. The third-order valence-electron chi connectivity index (χ3n) is 3.24. The van der Waals surface area contributed by atoms with Crippen LogP contribution in [0.3, 0.4) is 0 Å². The summed E-state index contributed by atoms with van der Waals surface area (Å²) in [6, 6.07) is 2.91. The van der Waals surface area contributed by atoms with E-state index in [1.807, 2.05) is 13.8 Å². The minimum Gasteiger partial charge on any atom is -0.497 e. The molecule has 0 aromatic heterocycles. The first-order valence-electron chi connectivity index (χ1n) is 6.99. The van der Waals surface area contributed by atoms with Gasteiger partial charge in [-0.1, -0.05) is 13.8 Å². The Kier molecular flexibility index (Phi) is 6.19. The summed E-state index contributed by atoms with van der Waals surface area (Å²) >= 11 is 0. The maximum Gasteiger partial charge on any atom is 0.241 e. The van der Waals surface area contributed by atoms with E-state index in [-0.39, 0.29) is 11.5 Å². The number of sulfonamides is 1. The van der Waals surface area contributed by atoms with Gasteiger partial charge in [-0.15, -0.1) is 0 Å². The van der Waals surface area contributed by atoms with Gasteiger partial charge in [0.05, 0.1) is 18.6 Å². The largest absolute Gasteiger partial charge is 0.497 e. The second kappa shape index (κ2) is 7.24. The summed E-state index contributed by atoms with van der Waals surface area (Å²) < 4.78 is 32.9. The van der Waals surface area contributed by atoms with Crippen LogP contribution in [0.25, 0.3) is 0 Å². The predicted molar refractivity (Wildman–Crippen MR) is 83.1 cm³/mol. The predicted octanol–water partition coefficient (Wildman–Crippen LogP) is 2.00. The van der Waals surface area contributed by atoms with Crippen molar-refractivity contribution in [3.63, 3.8) is 0 Å². The van der Waals surface area contributed by atoms with Crippen molar-refractivity contribution in [1.29, 1.82) is 0 Å². The van der Waals surface area contributed by atoms with Gasteiger partial charge in [-0.05, 0) is 49.4 Å². The summed E-state index contributed by atoms with van der Waals surface area (Å²) in [5.41, 5.74) is 1.25. The highest BCUT2D eigenvalue weighted by Gasteiger charge is 2.24. The van der Waals surface area contributed by atoms with Crippen molar-refractivity contribution in [2.24, 2.45) is 5.92 Å². The van der Waals surface area contributed by atoms with E-state index >= 15 is 0 Å². The highest BCUT2D eigenvalue weighted by Crippen LogP contribution is 2.26. The standard InChI is InChI=1S/C15H25NO4S/c1-10(2)6-13(9-17)16-21(18,19)15-11(3)7-14(20-5)8-12(15)4/h7-8,10,13,16-17H,6,9H2,1-5H3. The summed E-state index contributed by atoms with van der Waals surface area (Å²) in [4.78, 5) is 0.255. The van der Waals surface area contributed by atoms with E-state index in [1.54, 1.807) is 33.1 Å². The van der Waals surface area contributed by atoms with Crippen molar-refractivity contribution < 1.29 is 18.3 Å². The number of aryl methyl sites for hydroxylation is 2. The van der Waals surface area contributed by atoms with Crippen LogP contribution in [0.15, 0.2) is 17.0 Å². The first kappa shape index (κ1) is 17.9. The number of aliphatic hydroxyl groups excluding tert-OH is 1.